The molecule has 0 atom stereocenters. The lowest BCUT2D eigenvalue weighted by Crippen LogP contribution is -2.49. The number of aromatic nitrogens is 2. The Hall–Kier alpha value is -2.83. The van der Waals surface area contributed by atoms with E-state index >= 15 is 0 Å². The molecule has 26 heavy (non-hydrogen) atoms. The Kier molecular flexibility index (Phi) is 5.25. The van der Waals surface area contributed by atoms with Crippen molar-refractivity contribution in [2.24, 2.45) is 0 Å². The lowest BCUT2D eigenvalue weighted by atomic mass is 10.1. The highest BCUT2D eigenvalue weighted by Gasteiger charge is 2.26. The number of aromatic carboxylic acids is 1. The quantitative estimate of drug-likeness (QED) is 0.884. The van der Waals surface area contributed by atoms with Crippen molar-refractivity contribution in [1.82, 2.24) is 14.5 Å². The number of pyridine rings is 1. The molecule has 1 N–H and O–H groups in total. The van der Waals surface area contributed by atoms with Crippen molar-refractivity contribution in [1.29, 1.82) is 0 Å². The number of carboxylic acids is 1. The zero-order chi connectivity index (χ0) is 18.7. The topological polar surface area (TPSA) is 78.7 Å². The first-order valence-corrected chi connectivity index (χ1v) is 8.87. The van der Waals surface area contributed by atoms with Gasteiger partial charge in [-0.05, 0) is 31.5 Å². The van der Waals surface area contributed by atoms with Crippen LogP contribution in [0.1, 0.15) is 28.5 Å². The number of amides is 1. The zero-order valence-corrected chi connectivity index (χ0v) is 15.2. The predicted octanol–water partition coefficient (Wildman–Crippen LogP) is 1.80. The zero-order valence-electron chi connectivity index (χ0n) is 15.2. The van der Waals surface area contributed by atoms with Gasteiger partial charge >= 0.3 is 5.97 Å². The second-order valence-corrected chi connectivity index (χ2v) is 6.46. The van der Waals surface area contributed by atoms with Crippen LogP contribution in [0.5, 0.6) is 0 Å². The summed E-state index contributed by atoms with van der Waals surface area (Å²) in [4.78, 5) is 32.6. The van der Waals surface area contributed by atoms with E-state index in [-0.39, 0.29) is 17.9 Å². The van der Waals surface area contributed by atoms with Crippen molar-refractivity contribution in [3.8, 4) is 0 Å². The van der Waals surface area contributed by atoms with Crippen LogP contribution < -0.4 is 4.90 Å². The monoisotopic (exact) mass is 356 g/mol. The Bertz CT molecular complexity index is 793. The summed E-state index contributed by atoms with van der Waals surface area (Å²) in [6, 6.07) is 5.80. The molecule has 2 aromatic rings. The minimum absolute atomic E-state index is 0.0269. The molecule has 0 saturated carbocycles. The molecule has 2 aromatic heterocycles. The molecule has 1 aliphatic heterocycles. The third kappa shape index (κ3) is 3.56. The molecule has 1 aliphatic rings. The van der Waals surface area contributed by atoms with Gasteiger partial charge in [0, 0.05) is 50.8 Å². The summed E-state index contributed by atoms with van der Waals surface area (Å²) in [7, 11) is 0. The van der Waals surface area contributed by atoms with Gasteiger partial charge in [0.2, 0.25) is 5.91 Å². The van der Waals surface area contributed by atoms with Crippen LogP contribution in [-0.2, 0) is 17.8 Å². The number of carbonyl (C=O) groups excluding carboxylic acids is 1. The van der Waals surface area contributed by atoms with E-state index in [1.54, 1.807) is 13.1 Å². The first-order valence-electron chi connectivity index (χ1n) is 8.87. The predicted molar refractivity (Wildman–Crippen MR) is 98.5 cm³/mol. The molecule has 3 rings (SSSR count). The van der Waals surface area contributed by atoms with Crippen LogP contribution in [0.4, 0.5) is 5.82 Å². The van der Waals surface area contributed by atoms with Gasteiger partial charge in [-0.15, -0.1) is 0 Å². The Morgan fingerprint density at radius 1 is 1.19 bits per heavy atom. The molecule has 0 aromatic carbocycles. The molecule has 1 saturated heterocycles. The molecule has 0 unspecified atom stereocenters. The SMILES string of the molecule is CCn1cc(C)c(C(=O)O)c1CC(=O)N1CCN(c2ccccn2)CC1. The number of anilines is 1. The van der Waals surface area contributed by atoms with Crippen molar-refractivity contribution in [2.75, 3.05) is 31.1 Å². The molecule has 1 amide bonds. The Labute approximate surface area is 152 Å². The Morgan fingerprint density at radius 2 is 1.92 bits per heavy atom. The van der Waals surface area contributed by atoms with E-state index in [1.165, 1.54) is 0 Å². The van der Waals surface area contributed by atoms with Crippen LogP contribution in [0.3, 0.4) is 0 Å². The largest absolute Gasteiger partial charge is 0.478 e. The first kappa shape index (κ1) is 18.0. The van der Waals surface area contributed by atoms with Crippen LogP contribution in [0.15, 0.2) is 30.6 Å². The molecular formula is C19H24N4O3. The van der Waals surface area contributed by atoms with Crippen molar-refractivity contribution >= 4 is 17.7 Å². The summed E-state index contributed by atoms with van der Waals surface area (Å²) >= 11 is 0. The number of aryl methyl sites for hydroxylation is 2. The van der Waals surface area contributed by atoms with Gasteiger partial charge in [-0.1, -0.05) is 6.07 Å². The smallest absolute Gasteiger partial charge is 0.337 e. The lowest BCUT2D eigenvalue weighted by molar-refractivity contribution is -0.130. The van der Waals surface area contributed by atoms with Crippen LogP contribution in [0.25, 0.3) is 0 Å². The van der Waals surface area contributed by atoms with Crippen LogP contribution in [0, 0.1) is 6.92 Å². The number of hydrogen-bond donors (Lipinski definition) is 1. The van der Waals surface area contributed by atoms with Crippen LogP contribution >= 0.6 is 0 Å². The average molecular weight is 356 g/mol. The molecule has 3 heterocycles. The summed E-state index contributed by atoms with van der Waals surface area (Å²) < 4.78 is 1.86. The van der Waals surface area contributed by atoms with Crippen molar-refractivity contribution in [3.63, 3.8) is 0 Å². The maximum atomic E-state index is 12.7. The fourth-order valence-corrected chi connectivity index (χ4v) is 3.49. The lowest BCUT2D eigenvalue weighted by Gasteiger charge is -2.35. The number of rotatable bonds is 5. The summed E-state index contributed by atoms with van der Waals surface area (Å²) in [5.41, 5.74) is 1.55. The minimum atomic E-state index is -0.975. The van der Waals surface area contributed by atoms with Crippen LogP contribution in [-0.4, -0.2) is 57.6 Å². The maximum Gasteiger partial charge on any atom is 0.337 e. The maximum absolute atomic E-state index is 12.7. The molecule has 1 fully saturated rings. The van der Waals surface area contributed by atoms with E-state index in [0.29, 0.717) is 30.9 Å². The normalized spacial score (nSPS) is 14.5. The first-order chi connectivity index (χ1) is 12.5. The molecule has 138 valence electrons. The molecule has 0 bridgehead atoms. The molecule has 0 spiro atoms. The van der Waals surface area contributed by atoms with Gasteiger partial charge in [0.15, 0.2) is 0 Å². The minimum Gasteiger partial charge on any atom is -0.478 e. The number of piperazine rings is 1. The Morgan fingerprint density at radius 3 is 2.50 bits per heavy atom. The van der Waals surface area contributed by atoms with E-state index in [9.17, 15) is 14.7 Å². The average Bonchev–Trinajstić information content (AvgIpc) is 2.98. The Balaban J connectivity index is 1.68. The molecule has 7 heteroatoms. The van der Waals surface area contributed by atoms with Crippen molar-refractivity contribution in [2.45, 2.75) is 26.8 Å². The highest BCUT2D eigenvalue weighted by Crippen LogP contribution is 2.20. The van der Waals surface area contributed by atoms with E-state index in [0.717, 1.165) is 18.9 Å². The second-order valence-electron chi connectivity index (χ2n) is 6.46. The number of hydrogen-bond acceptors (Lipinski definition) is 4. The van der Waals surface area contributed by atoms with Gasteiger partial charge in [0.25, 0.3) is 0 Å². The van der Waals surface area contributed by atoms with E-state index in [2.05, 4.69) is 9.88 Å². The molecule has 7 nitrogen and oxygen atoms in total. The number of carboxylic acid groups (broad SMARTS) is 1. The third-order valence-corrected chi connectivity index (χ3v) is 4.86. The van der Waals surface area contributed by atoms with Gasteiger partial charge in [0.05, 0.1) is 12.0 Å². The van der Waals surface area contributed by atoms with E-state index in [4.69, 9.17) is 0 Å². The van der Waals surface area contributed by atoms with E-state index in [1.807, 2.05) is 40.8 Å². The summed E-state index contributed by atoms with van der Waals surface area (Å²) in [5, 5.41) is 9.49. The highest BCUT2D eigenvalue weighted by molar-refractivity contribution is 5.93. The van der Waals surface area contributed by atoms with Gasteiger partial charge < -0.3 is 19.5 Å². The van der Waals surface area contributed by atoms with Gasteiger partial charge in [-0.3, -0.25) is 4.79 Å². The summed E-state index contributed by atoms with van der Waals surface area (Å²) in [5.74, 6) is -0.0818. The van der Waals surface area contributed by atoms with Gasteiger partial charge in [-0.2, -0.15) is 0 Å². The summed E-state index contributed by atoms with van der Waals surface area (Å²) in [6.45, 7) is 7.04. The molecular weight excluding hydrogens is 332 g/mol. The molecule has 0 radical (unpaired) electrons. The fourth-order valence-electron chi connectivity index (χ4n) is 3.49. The number of nitrogens with zero attached hydrogens (tertiary/aromatic N) is 4. The van der Waals surface area contributed by atoms with Crippen LogP contribution in [0.2, 0.25) is 0 Å². The number of carbonyl (C=O) groups is 2. The second kappa shape index (κ2) is 7.59. The highest BCUT2D eigenvalue weighted by atomic mass is 16.4. The van der Waals surface area contributed by atoms with Gasteiger partial charge in [-0.25, -0.2) is 9.78 Å². The van der Waals surface area contributed by atoms with Gasteiger partial charge in [0.1, 0.15) is 5.82 Å². The van der Waals surface area contributed by atoms with E-state index < -0.39 is 5.97 Å². The third-order valence-electron chi connectivity index (χ3n) is 4.86. The van der Waals surface area contributed by atoms with Crippen molar-refractivity contribution in [3.05, 3.63) is 47.4 Å². The molecule has 0 aliphatic carbocycles. The fraction of sp³-hybridized carbons (Fsp3) is 0.421. The standard InChI is InChI=1S/C19H24N4O3/c1-3-21-13-14(2)18(19(25)26)15(21)12-17(24)23-10-8-22(9-11-23)16-6-4-5-7-20-16/h4-7,13H,3,8-12H2,1-2H3,(H,25,26). The summed E-state index contributed by atoms with van der Waals surface area (Å²) in [6.07, 6.45) is 3.69. The van der Waals surface area contributed by atoms with Crippen molar-refractivity contribution < 1.29 is 14.7 Å².